The van der Waals surface area contributed by atoms with Crippen LogP contribution in [0.5, 0.6) is 0 Å². The van der Waals surface area contributed by atoms with Crippen LogP contribution in [0, 0.1) is 13.8 Å². The number of hydrogen-bond acceptors (Lipinski definition) is 4. The molecule has 2 aromatic heterocycles. The molecule has 0 atom stereocenters. The average molecular weight is 264 g/mol. The Labute approximate surface area is 109 Å². The summed E-state index contributed by atoms with van der Waals surface area (Å²) in [4.78, 5) is 17.7. The molecule has 1 aliphatic carbocycles. The molecule has 2 heterocycles. The number of fused-ring (bicyclic) bond motifs is 1. The molecule has 0 radical (unpaired) electrons. The molecule has 18 heavy (non-hydrogen) atoms. The van der Waals surface area contributed by atoms with E-state index in [-0.39, 0.29) is 4.87 Å². The third kappa shape index (κ3) is 1.92. The van der Waals surface area contributed by atoms with Gasteiger partial charge in [0.2, 0.25) is 5.89 Å². The Morgan fingerprint density at radius 1 is 1.33 bits per heavy atom. The van der Waals surface area contributed by atoms with Crippen LogP contribution in [0.1, 0.15) is 40.8 Å². The molecule has 0 saturated carbocycles. The van der Waals surface area contributed by atoms with Crippen LogP contribution in [0.4, 0.5) is 0 Å². The Balaban J connectivity index is 1.97. The maximum atomic E-state index is 12.0. The lowest BCUT2D eigenvalue weighted by molar-refractivity contribution is 0.449. The zero-order chi connectivity index (χ0) is 12.7. The second kappa shape index (κ2) is 4.39. The van der Waals surface area contributed by atoms with Crippen LogP contribution in [-0.4, -0.2) is 9.55 Å². The summed E-state index contributed by atoms with van der Waals surface area (Å²) in [7, 11) is 0. The van der Waals surface area contributed by atoms with Crippen molar-refractivity contribution in [2.75, 3.05) is 0 Å². The van der Waals surface area contributed by atoms with Crippen LogP contribution in [0.25, 0.3) is 0 Å². The number of aryl methyl sites for hydroxylation is 3. The monoisotopic (exact) mass is 264 g/mol. The van der Waals surface area contributed by atoms with Gasteiger partial charge in [-0.25, -0.2) is 4.98 Å². The maximum Gasteiger partial charge on any atom is 0.308 e. The van der Waals surface area contributed by atoms with E-state index in [1.807, 2.05) is 18.4 Å². The highest BCUT2D eigenvalue weighted by Crippen LogP contribution is 2.24. The minimum Gasteiger partial charge on any atom is -0.444 e. The van der Waals surface area contributed by atoms with Gasteiger partial charge in [0, 0.05) is 10.6 Å². The summed E-state index contributed by atoms with van der Waals surface area (Å²) < 4.78 is 7.40. The third-order valence-corrected chi connectivity index (χ3v) is 4.59. The minimum atomic E-state index is 0.121. The van der Waals surface area contributed by atoms with Crippen molar-refractivity contribution < 1.29 is 4.42 Å². The molecule has 4 nitrogen and oxygen atoms in total. The molecule has 0 N–H and O–H groups in total. The Bertz CT molecular complexity index is 616. The number of thiazole rings is 1. The van der Waals surface area contributed by atoms with E-state index in [4.69, 9.17) is 4.42 Å². The predicted molar refractivity (Wildman–Crippen MR) is 70.3 cm³/mol. The molecule has 5 heteroatoms. The van der Waals surface area contributed by atoms with Crippen molar-refractivity contribution in [3.8, 4) is 0 Å². The Hall–Kier alpha value is -1.36. The molecule has 3 rings (SSSR count). The summed E-state index contributed by atoms with van der Waals surface area (Å²) >= 11 is 1.39. The molecule has 0 amide bonds. The first kappa shape index (κ1) is 11.7. The van der Waals surface area contributed by atoms with Crippen LogP contribution in [0.2, 0.25) is 0 Å². The lowest BCUT2D eigenvalue weighted by Gasteiger charge is -2.12. The minimum absolute atomic E-state index is 0.121. The van der Waals surface area contributed by atoms with Gasteiger partial charge < -0.3 is 4.42 Å². The second-order valence-electron chi connectivity index (χ2n) is 4.78. The van der Waals surface area contributed by atoms with Gasteiger partial charge in [0.15, 0.2) is 0 Å². The molecule has 0 aromatic carbocycles. The van der Waals surface area contributed by atoms with E-state index in [0.717, 1.165) is 24.3 Å². The van der Waals surface area contributed by atoms with E-state index < -0.39 is 0 Å². The largest absolute Gasteiger partial charge is 0.444 e. The first-order valence-electron chi connectivity index (χ1n) is 6.29. The van der Waals surface area contributed by atoms with Crippen molar-refractivity contribution in [1.82, 2.24) is 9.55 Å². The van der Waals surface area contributed by atoms with Gasteiger partial charge >= 0.3 is 4.87 Å². The summed E-state index contributed by atoms with van der Waals surface area (Å²) in [5.74, 6) is 1.47. The summed E-state index contributed by atoms with van der Waals surface area (Å²) in [5.41, 5.74) is 2.10. The smallest absolute Gasteiger partial charge is 0.308 e. The molecule has 0 spiro atoms. The fraction of sp³-hybridized carbons (Fsp3) is 0.538. The molecule has 2 aromatic rings. The van der Waals surface area contributed by atoms with Crippen molar-refractivity contribution in [3.63, 3.8) is 0 Å². The summed E-state index contributed by atoms with van der Waals surface area (Å²) in [6, 6.07) is 0. The highest BCUT2D eigenvalue weighted by atomic mass is 32.1. The SMILES string of the molecule is Cc1nc(Cn2c3c(sc2=O)CCCC3)oc1C. The maximum absolute atomic E-state index is 12.0. The van der Waals surface area contributed by atoms with E-state index in [9.17, 15) is 4.79 Å². The molecule has 0 fully saturated rings. The van der Waals surface area contributed by atoms with Crippen LogP contribution >= 0.6 is 11.3 Å². The standard InChI is InChI=1S/C13H16N2O2S/c1-8-9(2)17-12(14-8)7-15-10-5-3-4-6-11(10)18-13(15)16/h3-7H2,1-2H3. The van der Waals surface area contributed by atoms with Crippen molar-refractivity contribution >= 4 is 11.3 Å². The van der Waals surface area contributed by atoms with Crippen molar-refractivity contribution in [3.05, 3.63) is 37.6 Å². The van der Waals surface area contributed by atoms with Gasteiger partial charge in [-0.1, -0.05) is 11.3 Å². The van der Waals surface area contributed by atoms with E-state index in [0.29, 0.717) is 12.4 Å². The average Bonchev–Trinajstić information content (AvgIpc) is 2.82. The third-order valence-electron chi connectivity index (χ3n) is 3.51. The number of oxazole rings is 1. The number of nitrogens with zero attached hydrogens (tertiary/aromatic N) is 2. The Kier molecular flexibility index (Phi) is 2.86. The zero-order valence-corrected chi connectivity index (χ0v) is 11.5. The molecule has 0 aliphatic heterocycles. The Morgan fingerprint density at radius 3 is 2.83 bits per heavy atom. The fourth-order valence-corrected chi connectivity index (χ4v) is 3.50. The normalized spacial score (nSPS) is 14.8. The molecular weight excluding hydrogens is 248 g/mol. The van der Waals surface area contributed by atoms with Crippen LogP contribution in [0.15, 0.2) is 9.21 Å². The molecule has 0 saturated heterocycles. The van der Waals surface area contributed by atoms with Crippen LogP contribution < -0.4 is 4.87 Å². The van der Waals surface area contributed by atoms with Gasteiger partial charge in [-0.2, -0.15) is 0 Å². The summed E-state index contributed by atoms with van der Waals surface area (Å²) in [5, 5.41) is 0. The highest BCUT2D eigenvalue weighted by Gasteiger charge is 2.19. The predicted octanol–water partition coefficient (Wildman–Crippen LogP) is 2.44. The number of aromatic nitrogens is 2. The lowest BCUT2D eigenvalue weighted by atomic mass is 10.0. The van der Waals surface area contributed by atoms with Gasteiger partial charge in [0.1, 0.15) is 12.3 Å². The van der Waals surface area contributed by atoms with Crippen LogP contribution in [-0.2, 0) is 19.4 Å². The molecular formula is C13H16N2O2S. The van der Waals surface area contributed by atoms with Gasteiger partial charge in [-0.05, 0) is 39.5 Å². The van der Waals surface area contributed by atoms with Gasteiger partial charge in [0.05, 0.1) is 5.69 Å². The van der Waals surface area contributed by atoms with E-state index in [2.05, 4.69) is 4.98 Å². The quantitative estimate of drug-likeness (QED) is 0.837. The first-order valence-corrected chi connectivity index (χ1v) is 7.11. The van der Waals surface area contributed by atoms with Gasteiger partial charge in [0.25, 0.3) is 0 Å². The Morgan fingerprint density at radius 2 is 2.11 bits per heavy atom. The van der Waals surface area contributed by atoms with Gasteiger partial charge in [-0.15, -0.1) is 0 Å². The molecule has 0 unspecified atom stereocenters. The lowest BCUT2D eigenvalue weighted by Crippen LogP contribution is -2.18. The molecule has 1 aliphatic rings. The van der Waals surface area contributed by atoms with E-state index in [1.165, 1.54) is 34.7 Å². The fourth-order valence-electron chi connectivity index (χ4n) is 2.43. The first-order chi connectivity index (χ1) is 8.65. The van der Waals surface area contributed by atoms with Gasteiger partial charge in [-0.3, -0.25) is 9.36 Å². The summed E-state index contributed by atoms with van der Waals surface area (Å²) in [6.07, 6.45) is 4.43. The van der Waals surface area contributed by atoms with Crippen molar-refractivity contribution in [1.29, 1.82) is 0 Å². The van der Waals surface area contributed by atoms with Crippen molar-refractivity contribution in [2.45, 2.75) is 46.1 Å². The number of rotatable bonds is 2. The molecule has 0 bridgehead atoms. The zero-order valence-electron chi connectivity index (χ0n) is 10.7. The molecule has 96 valence electrons. The summed E-state index contributed by atoms with van der Waals surface area (Å²) in [6.45, 7) is 4.30. The second-order valence-corrected chi connectivity index (χ2v) is 5.83. The number of hydrogen-bond donors (Lipinski definition) is 0. The highest BCUT2D eigenvalue weighted by molar-refractivity contribution is 7.09. The van der Waals surface area contributed by atoms with E-state index >= 15 is 0 Å². The topological polar surface area (TPSA) is 48.0 Å². The van der Waals surface area contributed by atoms with E-state index in [1.54, 1.807) is 0 Å². The van der Waals surface area contributed by atoms with Crippen molar-refractivity contribution in [2.24, 2.45) is 0 Å². The van der Waals surface area contributed by atoms with Crippen LogP contribution in [0.3, 0.4) is 0 Å².